The topological polar surface area (TPSA) is 78.4 Å². The Kier molecular flexibility index (Phi) is 8.24. The van der Waals surface area contributed by atoms with Gasteiger partial charge in [0.1, 0.15) is 12.1 Å². The van der Waals surface area contributed by atoms with E-state index in [0.717, 1.165) is 35.2 Å². The van der Waals surface area contributed by atoms with Crippen molar-refractivity contribution in [2.24, 2.45) is 4.99 Å². The molecular weight excluding hydrogens is 467 g/mol. The van der Waals surface area contributed by atoms with Crippen molar-refractivity contribution in [1.29, 1.82) is 0 Å². The first kappa shape index (κ1) is 21.7. The summed E-state index contributed by atoms with van der Waals surface area (Å²) in [5.74, 6) is 2.45. The largest absolute Gasteiger partial charge is 0.497 e. The molecule has 0 spiro atoms. The molecule has 8 heteroatoms. The van der Waals surface area contributed by atoms with E-state index in [0.29, 0.717) is 6.54 Å². The SMILES string of the molecule is CN=C(NCc1cccc(-c2ncn[nH]2)c1)N(C)Cc1ccc(OC)cc1.I. The summed E-state index contributed by atoms with van der Waals surface area (Å²) < 4.78 is 5.21. The number of H-pyrrole nitrogens is 1. The van der Waals surface area contributed by atoms with Crippen LogP contribution in [0.3, 0.4) is 0 Å². The minimum Gasteiger partial charge on any atom is -0.497 e. The number of benzene rings is 2. The Labute approximate surface area is 182 Å². The van der Waals surface area contributed by atoms with E-state index in [1.165, 1.54) is 11.9 Å². The van der Waals surface area contributed by atoms with E-state index in [1.807, 2.05) is 31.3 Å². The minimum atomic E-state index is 0. The first-order valence-corrected chi connectivity index (χ1v) is 8.69. The van der Waals surface area contributed by atoms with Crippen LogP contribution in [-0.2, 0) is 13.1 Å². The number of aliphatic imine (C=N–C) groups is 1. The van der Waals surface area contributed by atoms with Gasteiger partial charge in [-0.25, -0.2) is 4.98 Å². The third kappa shape index (κ3) is 5.69. The third-order valence-electron chi connectivity index (χ3n) is 4.22. The minimum absolute atomic E-state index is 0. The van der Waals surface area contributed by atoms with Crippen LogP contribution in [-0.4, -0.2) is 47.2 Å². The van der Waals surface area contributed by atoms with Crippen molar-refractivity contribution in [3.05, 3.63) is 66.0 Å². The van der Waals surface area contributed by atoms with E-state index in [9.17, 15) is 0 Å². The Hall–Kier alpha value is -2.62. The highest BCUT2D eigenvalue weighted by Gasteiger charge is 2.08. The van der Waals surface area contributed by atoms with E-state index >= 15 is 0 Å². The van der Waals surface area contributed by atoms with Crippen LogP contribution in [0.2, 0.25) is 0 Å². The number of aromatic amines is 1. The van der Waals surface area contributed by atoms with Gasteiger partial charge in [-0.3, -0.25) is 10.1 Å². The van der Waals surface area contributed by atoms with E-state index in [1.54, 1.807) is 14.2 Å². The number of aromatic nitrogens is 3. The monoisotopic (exact) mass is 492 g/mol. The molecule has 2 aromatic carbocycles. The second-order valence-corrected chi connectivity index (χ2v) is 6.14. The zero-order valence-corrected chi connectivity index (χ0v) is 18.5. The lowest BCUT2D eigenvalue weighted by atomic mass is 10.1. The van der Waals surface area contributed by atoms with Crippen molar-refractivity contribution in [3.63, 3.8) is 0 Å². The Morgan fingerprint density at radius 2 is 1.96 bits per heavy atom. The molecule has 0 bridgehead atoms. The van der Waals surface area contributed by atoms with Gasteiger partial charge in [0.2, 0.25) is 0 Å². The first-order valence-electron chi connectivity index (χ1n) is 8.69. The van der Waals surface area contributed by atoms with Gasteiger partial charge in [-0.2, -0.15) is 5.10 Å². The summed E-state index contributed by atoms with van der Waals surface area (Å²) in [5, 5.41) is 10.2. The number of hydrogen-bond acceptors (Lipinski definition) is 4. The first-order chi connectivity index (χ1) is 13.2. The quantitative estimate of drug-likeness (QED) is 0.314. The molecule has 0 radical (unpaired) electrons. The summed E-state index contributed by atoms with van der Waals surface area (Å²) in [4.78, 5) is 10.7. The summed E-state index contributed by atoms with van der Waals surface area (Å²) in [5.41, 5.74) is 3.34. The molecule has 1 aromatic heterocycles. The molecule has 0 amide bonds. The molecule has 0 saturated carbocycles. The zero-order valence-electron chi connectivity index (χ0n) is 16.2. The van der Waals surface area contributed by atoms with Gasteiger partial charge >= 0.3 is 0 Å². The molecule has 3 aromatic rings. The van der Waals surface area contributed by atoms with Gasteiger partial charge in [0.05, 0.1) is 7.11 Å². The van der Waals surface area contributed by atoms with Crippen LogP contribution in [0.1, 0.15) is 11.1 Å². The highest BCUT2D eigenvalue weighted by molar-refractivity contribution is 14.0. The highest BCUT2D eigenvalue weighted by Crippen LogP contribution is 2.16. The van der Waals surface area contributed by atoms with Crippen molar-refractivity contribution in [2.75, 3.05) is 21.2 Å². The fourth-order valence-corrected chi connectivity index (χ4v) is 2.82. The van der Waals surface area contributed by atoms with Crippen molar-refractivity contribution >= 4 is 29.9 Å². The fourth-order valence-electron chi connectivity index (χ4n) is 2.82. The average Bonchev–Trinajstić information content (AvgIpc) is 3.24. The molecule has 0 saturated heterocycles. The number of rotatable bonds is 6. The van der Waals surface area contributed by atoms with Gasteiger partial charge in [-0.15, -0.1) is 24.0 Å². The Bertz CT molecular complexity index is 880. The maximum Gasteiger partial charge on any atom is 0.193 e. The molecule has 3 rings (SSSR count). The fraction of sp³-hybridized carbons (Fsp3) is 0.250. The van der Waals surface area contributed by atoms with Crippen LogP contribution in [0.4, 0.5) is 0 Å². The molecule has 0 aliphatic rings. The van der Waals surface area contributed by atoms with E-state index < -0.39 is 0 Å². The maximum absolute atomic E-state index is 5.21. The summed E-state index contributed by atoms with van der Waals surface area (Å²) in [7, 11) is 5.48. The number of nitrogens with zero attached hydrogens (tertiary/aromatic N) is 4. The summed E-state index contributed by atoms with van der Waals surface area (Å²) in [6.45, 7) is 1.42. The van der Waals surface area contributed by atoms with Crippen LogP contribution in [0.25, 0.3) is 11.4 Å². The molecule has 7 nitrogen and oxygen atoms in total. The molecule has 0 atom stereocenters. The molecule has 2 N–H and O–H groups in total. The lowest BCUT2D eigenvalue weighted by Crippen LogP contribution is -2.38. The molecule has 1 heterocycles. The summed E-state index contributed by atoms with van der Waals surface area (Å²) in [6.07, 6.45) is 1.51. The molecule has 28 heavy (non-hydrogen) atoms. The lowest BCUT2D eigenvalue weighted by Gasteiger charge is -2.22. The van der Waals surface area contributed by atoms with Gasteiger partial charge in [0.15, 0.2) is 11.8 Å². The van der Waals surface area contributed by atoms with Crippen molar-refractivity contribution < 1.29 is 4.74 Å². The molecule has 0 aliphatic heterocycles. The predicted molar refractivity (Wildman–Crippen MR) is 122 cm³/mol. The van der Waals surface area contributed by atoms with E-state index in [-0.39, 0.29) is 24.0 Å². The van der Waals surface area contributed by atoms with Gasteiger partial charge in [-0.1, -0.05) is 30.3 Å². The highest BCUT2D eigenvalue weighted by atomic mass is 127. The number of guanidine groups is 1. The van der Waals surface area contributed by atoms with Crippen molar-refractivity contribution in [3.8, 4) is 17.1 Å². The van der Waals surface area contributed by atoms with E-state index in [2.05, 4.69) is 54.7 Å². The van der Waals surface area contributed by atoms with Crippen molar-refractivity contribution in [1.82, 2.24) is 25.4 Å². The third-order valence-corrected chi connectivity index (χ3v) is 4.22. The predicted octanol–water partition coefficient (Wildman–Crippen LogP) is 3.31. The van der Waals surface area contributed by atoms with Crippen LogP contribution < -0.4 is 10.1 Å². The van der Waals surface area contributed by atoms with Crippen LogP contribution >= 0.6 is 24.0 Å². The molecular formula is C20H25IN6O. The number of nitrogens with one attached hydrogen (secondary N) is 2. The van der Waals surface area contributed by atoms with Gasteiger partial charge in [0, 0.05) is 32.7 Å². The molecule has 148 valence electrons. The summed E-state index contributed by atoms with van der Waals surface area (Å²) >= 11 is 0. The van der Waals surface area contributed by atoms with Crippen molar-refractivity contribution in [2.45, 2.75) is 13.1 Å². The number of halogens is 1. The second kappa shape index (κ2) is 10.6. The lowest BCUT2D eigenvalue weighted by molar-refractivity contribution is 0.414. The second-order valence-electron chi connectivity index (χ2n) is 6.14. The van der Waals surface area contributed by atoms with E-state index in [4.69, 9.17) is 4.74 Å². The number of ether oxygens (including phenoxy) is 1. The van der Waals surface area contributed by atoms with Gasteiger partial charge < -0.3 is 15.0 Å². The van der Waals surface area contributed by atoms with Gasteiger partial charge in [0.25, 0.3) is 0 Å². The molecule has 0 unspecified atom stereocenters. The van der Waals surface area contributed by atoms with Crippen LogP contribution in [0.15, 0.2) is 59.9 Å². The zero-order chi connectivity index (χ0) is 19.1. The average molecular weight is 492 g/mol. The smallest absolute Gasteiger partial charge is 0.193 e. The Morgan fingerprint density at radius 1 is 1.18 bits per heavy atom. The standard InChI is InChI=1S/C20H24N6O.HI/c1-21-20(26(2)13-15-7-9-18(27-3)10-8-15)22-12-16-5-4-6-17(11-16)19-23-14-24-25-19;/h4-11,14H,12-13H2,1-3H3,(H,21,22)(H,23,24,25);1H. The van der Waals surface area contributed by atoms with Gasteiger partial charge in [-0.05, 0) is 29.3 Å². The Morgan fingerprint density at radius 3 is 2.61 bits per heavy atom. The summed E-state index contributed by atoms with van der Waals surface area (Å²) in [6, 6.07) is 16.2. The number of methoxy groups -OCH3 is 1. The number of hydrogen-bond donors (Lipinski definition) is 2. The Balaban J connectivity index is 0.00000280. The van der Waals surface area contributed by atoms with Crippen LogP contribution in [0.5, 0.6) is 5.75 Å². The van der Waals surface area contributed by atoms with Crippen LogP contribution in [0, 0.1) is 0 Å². The maximum atomic E-state index is 5.21. The normalized spacial score (nSPS) is 10.9. The molecule has 0 fully saturated rings. The molecule has 0 aliphatic carbocycles.